The number of nitrogen functional groups attached to an aromatic ring is 1. The Balaban J connectivity index is 1.81. The van der Waals surface area contributed by atoms with Crippen molar-refractivity contribution in [1.82, 2.24) is 0 Å². The zero-order valence-corrected chi connectivity index (χ0v) is 11.5. The van der Waals surface area contributed by atoms with Crippen molar-refractivity contribution in [2.24, 2.45) is 5.41 Å². The summed E-state index contributed by atoms with van der Waals surface area (Å²) in [6.07, 6.45) is -1.67. The Morgan fingerprint density at radius 3 is 2.29 bits per heavy atom. The van der Waals surface area contributed by atoms with Crippen LogP contribution in [-0.2, 0) is 11.0 Å². The minimum atomic E-state index is -4.41. The molecule has 0 radical (unpaired) electrons. The lowest BCUT2D eigenvalue weighted by Gasteiger charge is -2.47. The zero-order valence-electron chi connectivity index (χ0n) is 11.5. The Hall–Kier alpha value is -1.72. The molecule has 1 aromatic rings. The summed E-state index contributed by atoms with van der Waals surface area (Å²) in [5.74, 6) is 0.270. The number of anilines is 2. The summed E-state index contributed by atoms with van der Waals surface area (Å²) in [4.78, 5) is 12.9. The molecule has 2 fully saturated rings. The van der Waals surface area contributed by atoms with Crippen LogP contribution in [0.5, 0.6) is 0 Å². The van der Waals surface area contributed by atoms with Gasteiger partial charge in [0.05, 0.1) is 5.56 Å². The van der Waals surface area contributed by atoms with E-state index in [1.807, 2.05) is 0 Å². The van der Waals surface area contributed by atoms with Gasteiger partial charge in [0.1, 0.15) is 5.78 Å². The van der Waals surface area contributed by atoms with Crippen molar-refractivity contribution in [3.63, 3.8) is 0 Å². The molecule has 0 aromatic heterocycles. The summed E-state index contributed by atoms with van der Waals surface area (Å²) in [7, 11) is 0. The number of carbonyl (C=O) groups excluding carboxylic acids is 1. The third kappa shape index (κ3) is 2.59. The minimum absolute atomic E-state index is 0.0553. The standard InChI is InChI=1S/C15H17F3N2O/c16-15(17,18)12-7-10(19)1-2-13(12)20-5-3-14(4-6-20)8-11(21)9-14/h1-2,7H,3-6,8-9,19H2. The predicted molar refractivity (Wildman–Crippen MR) is 74.0 cm³/mol. The number of rotatable bonds is 1. The predicted octanol–water partition coefficient (Wildman–Crippen LogP) is 3.24. The highest BCUT2D eigenvalue weighted by Crippen LogP contribution is 2.48. The van der Waals surface area contributed by atoms with Gasteiger partial charge in [0, 0.05) is 37.3 Å². The van der Waals surface area contributed by atoms with Crippen LogP contribution in [-0.4, -0.2) is 18.9 Å². The average Bonchev–Trinajstić information content (AvgIpc) is 2.37. The molecule has 1 heterocycles. The molecular formula is C15H17F3N2O. The van der Waals surface area contributed by atoms with Gasteiger partial charge in [-0.1, -0.05) is 0 Å². The van der Waals surface area contributed by atoms with Crippen molar-refractivity contribution in [1.29, 1.82) is 0 Å². The maximum absolute atomic E-state index is 13.1. The van der Waals surface area contributed by atoms with Crippen molar-refractivity contribution in [3.05, 3.63) is 23.8 Å². The van der Waals surface area contributed by atoms with Crippen molar-refractivity contribution < 1.29 is 18.0 Å². The van der Waals surface area contributed by atoms with Crippen LogP contribution in [0.3, 0.4) is 0 Å². The van der Waals surface area contributed by atoms with E-state index < -0.39 is 11.7 Å². The number of alkyl halides is 3. The van der Waals surface area contributed by atoms with Crippen molar-refractivity contribution in [2.75, 3.05) is 23.7 Å². The van der Waals surface area contributed by atoms with Gasteiger partial charge in [-0.15, -0.1) is 0 Å². The Morgan fingerprint density at radius 1 is 1.14 bits per heavy atom. The molecule has 3 rings (SSSR count). The fourth-order valence-electron chi connectivity index (χ4n) is 3.42. The van der Waals surface area contributed by atoms with Crippen molar-refractivity contribution in [2.45, 2.75) is 31.9 Å². The molecular weight excluding hydrogens is 281 g/mol. The number of ketones is 1. The fraction of sp³-hybridized carbons (Fsp3) is 0.533. The highest BCUT2D eigenvalue weighted by atomic mass is 19.4. The quantitative estimate of drug-likeness (QED) is 0.810. The maximum atomic E-state index is 13.1. The monoisotopic (exact) mass is 298 g/mol. The zero-order chi connectivity index (χ0) is 15.3. The van der Waals surface area contributed by atoms with Crippen LogP contribution in [0.25, 0.3) is 0 Å². The number of piperidine rings is 1. The molecule has 0 atom stereocenters. The molecule has 2 aliphatic rings. The number of nitrogens with zero attached hydrogens (tertiary/aromatic N) is 1. The van der Waals surface area contributed by atoms with Crippen LogP contribution >= 0.6 is 0 Å². The molecule has 1 saturated carbocycles. The van der Waals surface area contributed by atoms with Crippen LogP contribution < -0.4 is 10.6 Å². The summed E-state index contributed by atoms with van der Waals surface area (Å²) in [6.45, 7) is 1.11. The smallest absolute Gasteiger partial charge is 0.399 e. The Morgan fingerprint density at radius 2 is 1.76 bits per heavy atom. The van der Waals surface area contributed by atoms with Gasteiger partial charge in [0.2, 0.25) is 0 Å². The average molecular weight is 298 g/mol. The number of Topliss-reactive ketones (excluding diaryl/α,β-unsaturated/α-hetero) is 1. The summed E-state index contributed by atoms with van der Waals surface area (Å²) < 4.78 is 39.4. The number of hydrogen-bond acceptors (Lipinski definition) is 3. The second-order valence-electron chi connectivity index (χ2n) is 6.15. The first-order valence-electron chi connectivity index (χ1n) is 7.03. The van der Waals surface area contributed by atoms with E-state index in [4.69, 9.17) is 5.73 Å². The Labute approximate surface area is 120 Å². The van der Waals surface area contributed by atoms with Gasteiger partial charge in [-0.3, -0.25) is 4.79 Å². The van der Waals surface area contributed by atoms with Crippen LogP contribution in [0.15, 0.2) is 18.2 Å². The second-order valence-corrected chi connectivity index (χ2v) is 6.15. The first kappa shape index (κ1) is 14.2. The third-order valence-corrected chi connectivity index (χ3v) is 4.64. The molecule has 3 nitrogen and oxygen atoms in total. The molecule has 1 aliphatic carbocycles. The summed E-state index contributed by atoms with van der Waals surface area (Å²) in [5, 5.41) is 0. The van der Waals surface area contributed by atoms with E-state index in [1.54, 1.807) is 4.90 Å². The molecule has 6 heteroatoms. The van der Waals surface area contributed by atoms with Gasteiger partial charge in [-0.2, -0.15) is 13.2 Å². The molecule has 1 aliphatic heterocycles. The van der Waals surface area contributed by atoms with E-state index in [-0.39, 0.29) is 22.6 Å². The molecule has 21 heavy (non-hydrogen) atoms. The first-order chi connectivity index (χ1) is 9.79. The van der Waals surface area contributed by atoms with E-state index in [2.05, 4.69) is 0 Å². The Bertz CT molecular complexity index is 565. The van der Waals surface area contributed by atoms with Crippen LogP contribution in [0.4, 0.5) is 24.5 Å². The van der Waals surface area contributed by atoms with E-state index in [1.165, 1.54) is 12.1 Å². The number of carbonyl (C=O) groups is 1. The van der Waals surface area contributed by atoms with Gasteiger partial charge in [0.15, 0.2) is 0 Å². The molecule has 2 N–H and O–H groups in total. The Kier molecular flexibility index (Phi) is 3.15. The van der Waals surface area contributed by atoms with Gasteiger partial charge in [-0.25, -0.2) is 0 Å². The molecule has 1 spiro atoms. The topological polar surface area (TPSA) is 46.3 Å². The second kappa shape index (κ2) is 4.64. The molecule has 1 aromatic carbocycles. The number of benzene rings is 1. The van der Waals surface area contributed by atoms with Crippen molar-refractivity contribution in [3.8, 4) is 0 Å². The van der Waals surface area contributed by atoms with Crippen LogP contribution in [0.2, 0.25) is 0 Å². The fourth-order valence-corrected chi connectivity index (χ4v) is 3.42. The van der Waals surface area contributed by atoms with E-state index in [0.717, 1.165) is 18.9 Å². The molecule has 0 bridgehead atoms. The lowest BCUT2D eigenvalue weighted by Crippen LogP contribution is -2.47. The third-order valence-electron chi connectivity index (χ3n) is 4.64. The summed E-state index contributed by atoms with van der Waals surface area (Å²) >= 11 is 0. The van der Waals surface area contributed by atoms with Crippen LogP contribution in [0.1, 0.15) is 31.2 Å². The molecule has 0 amide bonds. The van der Waals surface area contributed by atoms with E-state index in [9.17, 15) is 18.0 Å². The first-order valence-corrected chi connectivity index (χ1v) is 7.03. The number of hydrogen-bond donors (Lipinski definition) is 1. The lowest BCUT2D eigenvalue weighted by atomic mass is 9.62. The van der Waals surface area contributed by atoms with E-state index in [0.29, 0.717) is 25.9 Å². The summed E-state index contributed by atoms with van der Waals surface area (Å²) in [6, 6.07) is 3.94. The van der Waals surface area contributed by atoms with Gasteiger partial charge in [0.25, 0.3) is 0 Å². The van der Waals surface area contributed by atoms with E-state index >= 15 is 0 Å². The highest BCUT2D eigenvalue weighted by Gasteiger charge is 2.46. The van der Waals surface area contributed by atoms with Gasteiger partial charge < -0.3 is 10.6 Å². The highest BCUT2D eigenvalue weighted by molar-refractivity contribution is 5.86. The molecule has 0 unspecified atom stereocenters. The number of nitrogens with two attached hydrogens (primary N) is 1. The largest absolute Gasteiger partial charge is 0.418 e. The minimum Gasteiger partial charge on any atom is -0.399 e. The summed E-state index contributed by atoms with van der Waals surface area (Å²) in [5.41, 5.74) is 5.17. The SMILES string of the molecule is Nc1ccc(N2CCC3(CC2)CC(=O)C3)c(C(F)(F)F)c1. The van der Waals surface area contributed by atoms with Gasteiger partial charge >= 0.3 is 6.18 Å². The molecule has 114 valence electrons. The van der Waals surface area contributed by atoms with Crippen LogP contribution in [0, 0.1) is 5.41 Å². The van der Waals surface area contributed by atoms with Gasteiger partial charge in [-0.05, 0) is 36.5 Å². The maximum Gasteiger partial charge on any atom is 0.418 e. The van der Waals surface area contributed by atoms with Crippen molar-refractivity contribution >= 4 is 17.2 Å². The molecule has 1 saturated heterocycles. The normalized spacial score (nSPS) is 21.5. The number of halogens is 3. The lowest BCUT2D eigenvalue weighted by molar-refractivity contribution is -0.137.